The molecule has 0 saturated carbocycles. The van der Waals surface area contributed by atoms with Crippen LogP contribution in [0.1, 0.15) is 74.4 Å². The predicted octanol–water partition coefficient (Wildman–Crippen LogP) is 5.45. The Kier molecular flexibility index (Phi) is 6.38. The second kappa shape index (κ2) is 9.07. The maximum atomic E-state index is 12.3. The molecule has 1 atom stereocenters. The van der Waals surface area contributed by atoms with Crippen LogP contribution in [-0.4, -0.2) is 45.1 Å². The summed E-state index contributed by atoms with van der Waals surface area (Å²) in [5.41, 5.74) is 8.34. The summed E-state index contributed by atoms with van der Waals surface area (Å²) in [7, 11) is 0. The minimum atomic E-state index is -0.576. The monoisotopic (exact) mass is 433 g/mol. The lowest BCUT2D eigenvalue weighted by molar-refractivity contribution is -0.134. The molecule has 0 spiro atoms. The molecular weight excluding hydrogens is 398 g/mol. The largest absolute Gasteiger partial charge is 0.393 e. The van der Waals surface area contributed by atoms with Gasteiger partial charge in [0, 0.05) is 40.9 Å². The highest BCUT2D eigenvalue weighted by Gasteiger charge is 2.25. The summed E-state index contributed by atoms with van der Waals surface area (Å²) in [6.07, 6.45) is 1.57. The maximum absolute atomic E-state index is 12.3. The van der Waals surface area contributed by atoms with E-state index in [0.29, 0.717) is 11.8 Å². The van der Waals surface area contributed by atoms with Crippen LogP contribution in [0.15, 0.2) is 30.3 Å². The van der Waals surface area contributed by atoms with Crippen molar-refractivity contribution in [2.24, 2.45) is 0 Å². The van der Waals surface area contributed by atoms with E-state index in [0.717, 1.165) is 37.3 Å². The van der Waals surface area contributed by atoms with Crippen LogP contribution in [0.5, 0.6) is 0 Å². The molecule has 0 radical (unpaired) electrons. The highest BCUT2D eigenvalue weighted by Crippen LogP contribution is 2.38. The van der Waals surface area contributed by atoms with Crippen molar-refractivity contribution in [1.29, 1.82) is 0 Å². The number of pyridine rings is 1. The number of aromatic amines is 1. The van der Waals surface area contributed by atoms with Gasteiger partial charge >= 0.3 is 0 Å². The average molecular weight is 434 g/mol. The number of rotatable bonds is 5. The molecule has 1 aliphatic rings. The van der Waals surface area contributed by atoms with E-state index >= 15 is 0 Å². The quantitative estimate of drug-likeness (QED) is 0.562. The molecule has 5 heteroatoms. The molecule has 1 amide bonds. The number of benzene rings is 1. The Morgan fingerprint density at radius 2 is 1.78 bits per heavy atom. The van der Waals surface area contributed by atoms with Crippen LogP contribution < -0.4 is 0 Å². The molecule has 1 aliphatic heterocycles. The molecule has 2 aromatic heterocycles. The van der Waals surface area contributed by atoms with Crippen LogP contribution in [0.25, 0.3) is 22.2 Å². The zero-order chi connectivity index (χ0) is 23.0. The van der Waals surface area contributed by atoms with Crippen molar-refractivity contribution in [2.75, 3.05) is 13.1 Å². The lowest BCUT2D eigenvalue weighted by Crippen LogP contribution is -2.39. The lowest BCUT2D eigenvalue weighted by atomic mass is 9.87. The number of hydrogen-bond acceptors (Lipinski definition) is 3. The van der Waals surface area contributed by atoms with Crippen molar-refractivity contribution < 1.29 is 9.90 Å². The van der Waals surface area contributed by atoms with Crippen molar-refractivity contribution in [3.05, 3.63) is 52.8 Å². The summed E-state index contributed by atoms with van der Waals surface area (Å²) in [5.74, 6) is 0.913. The molecule has 5 nitrogen and oxygen atoms in total. The number of nitrogens with one attached hydrogen (secondary N) is 1. The lowest BCUT2D eigenvalue weighted by Gasteiger charge is -2.32. The van der Waals surface area contributed by atoms with Gasteiger partial charge in [-0.25, -0.2) is 0 Å². The topological polar surface area (TPSA) is 69.2 Å². The zero-order valence-electron chi connectivity index (χ0n) is 19.9. The Morgan fingerprint density at radius 1 is 1.12 bits per heavy atom. The van der Waals surface area contributed by atoms with Crippen molar-refractivity contribution in [3.63, 3.8) is 0 Å². The molecule has 2 N–H and O–H groups in total. The summed E-state index contributed by atoms with van der Waals surface area (Å²) < 4.78 is 0. The van der Waals surface area contributed by atoms with E-state index in [1.807, 2.05) is 18.7 Å². The number of amides is 1. The number of aryl methyl sites for hydroxylation is 2. The number of likely N-dealkylation sites (tertiary alicyclic amines) is 1. The van der Waals surface area contributed by atoms with E-state index in [1.165, 1.54) is 33.3 Å². The van der Waals surface area contributed by atoms with E-state index in [9.17, 15) is 9.90 Å². The van der Waals surface area contributed by atoms with Gasteiger partial charge in [-0.1, -0.05) is 19.9 Å². The van der Waals surface area contributed by atoms with Gasteiger partial charge in [0.05, 0.1) is 18.2 Å². The molecular formula is C27H35N3O2. The van der Waals surface area contributed by atoms with Crippen LogP contribution in [0.2, 0.25) is 0 Å². The molecule has 32 heavy (non-hydrogen) atoms. The van der Waals surface area contributed by atoms with Gasteiger partial charge in [0.2, 0.25) is 5.91 Å². The van der Waals surface area contributed by atoms with Crippen LogP contribution >= 0.6 is 0 Å². The Balaban J connectivity index is 1.63. The van der Waals surface area contributed by atoms with Gasteiger partial charge in [-0.3, -0.25) is 9.78 Å². The van der Waals surface area contributed by atoms with E-state index in [4.69, 9.17) is 0 Å². The number of carbonyl (C=O) groups is 1. The van der Waals surface area contributed by atoms with E-state index < -0.39 is 6.10 Å². The Hall–Kier alpha value is -2.66. The number of aromatic nitrogens is 2. The number of nitrogens with zero attached hydrogens (tertiary/aromatic N) is 2. The molecule has 3 heterocycles. The van der Waals surface area contributed by atoms with E-state index in [1.54, 1.807) is 6.92 Å². The van der Waals surface area contributed by atoms with Gasteiger partial charge in [0.15, 0.2) is 0 Å². The van der Waals surface area contributed by atoms with Crippen LogP contribution in [0.3, 0.4) is 0 Å². The standard InChI is InChI=1S/C27H35N3O2/c1-16(2)26-23-15-21(20-8-10-30(11-9-20)25(32)14-19(5)31)6-7-24(23)29-27(26)22-12-17(3)28-18(4)13-22/h6-7,12-13,15-16,19-20,29,31H,8-11,14H2,1-5H3. The van der Waals surface area contributed by atoms with E-state index in [2.05, 4.69) is 54.1 Å². The number of piperidine rings is 1. The molecule has 0 bridgehead atoms. The molecule has 1 aromatic carbocycles. The summed E-state index contributed by atoms with van der Waals surface area (Å²) in [5, 5.41) is 10.8. The SMILES string of the molecule is Cc1cc(-c2[nH]c3ccc(C4CCN(C(=O)CC(C)O)CC4)cc3c2C(C)C)cc(C)n1. The smallest absolute Gasteiger partial charge is 0.225 e. The van der Waals surface area contributed by atoms with Gasteiger partial charge in [-0.15, -0.1) is 0 Å². The number of hydrogen-bond donors (Lipinski definition) is 2. The highest BCUT2D eigenvalue weighted by molar-refractivity contribution is 5.92. The molecule has 1 saturated heterocycles. The average Bonchev–Trinajstić information content (AvgIpc) is 3.12. The molecule has 1 unspecified atom stereocenters. The van der Waals surface area contributed by atoms with Gasteiger partial charge in [0.1, 0.15) is 0 Å². The molecule has 3 aromatic rings. The Labute approximate surface area is 190 Å². The van der Waals surface area contributed by atoms with Crippen LogP contribution in [0, 0.1) is 13.8 Å². The second-order valence-electron chi connectivity index (χ2n) is 9.72. The molecule has 170 valence electrons. The van der Waals surface area contributed by atoms with Gasteiger partial charge in [-0.05, 0) is 80.8 Å². The van der Waals surface area contributed by atoms with Gasteiger partial charge in [0.25, 0.3) is 0 Å². The predicted molar refractivity (Wildman–Crippen MR) is 130 cm³/mol. The normalized spacial score (nSPS) is 16.2. The van der Waals surface area contributed by atoms with Gasteiger partial charge < -0.3 is 15.0 Å². The number of carbonyl (C=O) groups excluding carboxylic acids is 1. The first kappa shape index (κ1) is 22.5. The number of fused-ring (bicyclic) bond motifs is 1. The van der Waals surface area contributed by atoms with Gasteiger partial charge in [-0.2, -0.15) is 0 Å². The third kappa shape index (κ3) is 4.58. The zero-order valence-corrected chi connectivity index (χ0v) is 19.9. The first-order valence-electron chi connectivity index (χ1n) is 11.8. The number of H-pyrrole nitrogens is 1. The number of aliphatic hydroxyl groups is 1. The van der Waals surface area contributed by atoms with Crippen LogP contribution in [-0.2, 0) is 4.79 Å². The summed E-state index contributed by atoms with van der Waals surface area (Å²) in [6.45, 7) is 11.8. The maximum Gasteiger partial charge on any atom is 0.225 e. The van der Waals surface area contributed by atoms with Crippen molar-refractivity contribution in [2.45, 2.75) is 71.8 Å². The first-order chi connectivity index (χ1) is 15.2. The minimum Gasteiger partial charge on any atom is -0.393 e. The highest BCUT2D eigenvalue weighted by atomic mass is 16.3. The number of aliphatic hydroxyl groups excluding tert-OH is 1. The van der Waals surface area contributed by atoms with Crippen molar-refractivity contribution in [3.8, 4) is 11.3 Å². The fraction of sp³-hybridized carbons (Fsp3) is 0.481. The summed E-state index contributed by atoms with van der Waals surface area (Å²) >= 11 is 0. The first-order valence-corrected chi connectivity index (χ1v) is 11.8. The minimum absolute atomic E-state index is 0.0641. The van der Waals surface area contributed by atoms with Crippen molar-refractivity contribution >= 4 is 16.8 Å². The third-order valence-electron chi connectivity index (χ3n) is 6.60. The third-order valence-corrected chi connectivity index (χ3v) is 6.60. The van der Waals surface area contributed by atoms with Crippen molar-refractivity contribution in [1.82, 2.24) is 14.9 Å². The summed E-state index contributed by atoms with van der Waals surface area (Å²) in [6, 6.07) is 11.1. The Morgan fingerprint density at radius 3 is 2.38 bits per heavy atom. The molecule has 1 fully saturated rings. The second-order valence-corrected chi connectivity index (χ2v) is 9.72. The molecule has 0 aliphatic carbocycles. The Bertz CT molecular complexity index is 1100. The van der Waals surface area contributed by atoms with E-state index in [-0.39, 0.29) is 12.3 Å². The fourth-order valence-electron chi connectivity index (χ4n) is 5.13. The summed E-state index contributed by atoms with van der Waals surface area (Å²) in [4.78, 5) is 22.4. The van der Waals surface area contributed by atoms with Crippen LogP contribution in [0.4, 0.5) is 0 Å². The fourth-order valence-corrected chi connectivity index (χ4v) is 5.13. The molecule has 4 rings (SSSR count).